The maximum absolute atomic E-state index is 13.9. The fourth-order valence-electron chi connectivity index (χ4n) is 3.17. The Morgan fingerprint density at radius 3 is 2.41 bits per heavy atom. The van der Waals surface area contributed by atoms with E-state index in [1.165, 1.54) is 22.5 Å². The van der Waals surface area contributed by atoms with Gasteiger partial charge in [0.05, 0.1) is 6.10 Å². The molecule has 1 saturated heterocycles. The van der Waals surface area contributed by atoms with E-state index in [1.807, 2.05) is 38.1 Å². The maximum Gasteiger partial charge on any atom is 0.246 e. The van der Waals surface area contributed by atoms with Crippen LogP contribution in [-0.2, 0) is 16.6 Å². The number of ether oxygens (including phenoxy) is 1. The minimum Gasteiger partial charge on any atom is -0.491 e. The third-order valence-corrected chi connectivity index (χ3v) is 6.39. The molecule has 0 spiro atoms. The van der Waals surface area contributed by atoms with Gasteiger partial charge in [0, 0.05) is 32.7 Å². The molecule has 0 amide bonds. The number of hydrogen-bond donors (Lipinski definition) is 0. The molecule has 0 unspecified atom stereocenters. The first kappa shape index (κ1) is 19.8. The number of benzene rings is 2. The van der Waals surface area contributed by atoms with Crippen molar-refractivity contribution >= 4 is 10.0 Å². The van der Waals surface area contributed by atoms with Gasteiger partial charge in [0.15, 0.2) is 0 Å². The van der Waals surface area contributed by atoms with E-state index in [9.17, 15) is 12.8 Å². The molecule has 1 heterocycles. The summed E-state index contributed by atoms with van der Waals surface area (Å²) in [6, 6.07) is 13.5. The van der Waals surface area contributed by atoms with E-state index >= 15 is 0 Å². The summed E-state index contributed by atoms with van der Waals surface area (Å²) in [5.74, 6) is 0.130. The maximum atomic E-state index is 13.9. The number of sulfonamides is 1. The van der Waals surface area contributed by atoms with Gasteiger partial charge in [-0.1, -0.05) is 24.3 Å². The lowest BCUT2D eigenvalue weighted by molar-refractivity contribution is 0.181. The van der Waals surface area contributed by atoms with Crippen LogP contribution in [0.5, 0.6) is 5.75 Å². The topological polar surface area (TPSA) is 49.9 Å². The van der Waals surface area contributed by atoms with Crippen molar-refractivity contribution in [3.8, 4) is 5.75 Å². The van der Waals surface area contributed by atoms with Crippen LogP contribution in [0.2, 0.25) is 0 Å². The Balaban J connectivity index is 1.62. The van der Waals surface area contributed by atoms with E-state index in [1.54, 1.807) is 6.07 Å². The summed E-state index contributed by atoms with van der Waals surface area (Å²) < 4.78 is 46.3. The summed E-state index contributed by atoms with van der Waals surface area (Å²) >= 11 is 0. The lowest BCUT2D eigenvalue weighted by Crippen LogP contribution is -2.48. The molecule has 0 aliphatic carbocycles. The van der Waals surface area contributed by atoms with Gasteiger partial charge in [-0.3, -0.25) is 4.90 Å². The van der Waals surface area contributed by atoms with Gasteiger partial charge in [0.2, 0.25) is 10.0 Å². The fourth-order valence-corrected chi connectivity index (χ4v) is 4.66. The minimum atomic E-state index is -3.80. The Morgan fingerprint density at radius 1 is 1.04 bits per heavy atom. The van der Waals surface area contributed by atoms with Crippen LogP contribution < -0.4 is 4.74 Å². The van der Waals surface area contributed by atoms with Crippen molar-refractivity contribution in [1.82, 2.24) is 9.21 Å². The first-order chi connectivity index (χ1) is 12.9. The molecule has 1 aliphatic rings. The van der Waals surface area contributed by atoms with Crippen LogP contribution in [0.4, 0.5) is 4.39 Å². The summed E-state index contributed by atoms with van der Waals surface area (Å²) in [5.41, 5.74) is 1.12. The van der Waals surface area contributed by atoms with E-state index in [4.69, 9.17) is 4.74 Å². The monoisotopic (exact) mass is 392 g/mol. The lowest BCUT2D eigenvalue weighted by atomic mass is 10.2. The van der Waals surface area contributed by atoms with Gasteiger partial charge in [-0.15, -0.1) is 0 Å². The van der Waals surface area contributed by atoms with E-state index in [0.717, 1.165) is 17.9 Å². The van der Waals surface area contributed by atoms with Crippen LogP contribution in [0.1, 0.15) is 19.4 Å². The van der Waals surface area contributed by atoms with Crippen molar-refractivity contribution in [2.24, 2.45) is 0 Å². The standard InChI is InChI=1S/C20H25FN2O3S/c1-16(2)26-18-7-5-6-17(14-18)15-22-10-12-23(13-11-22)27(24,25)20-9-4-3-8-19(20)21/h3-9,14,16H,10-13,15H2,1-2H3. The van der Waals surface area contributed by atoms with Crippen molar-refractivity contribution in [2.75, 3.05) is 26.2 Å². The predicted octanol–water partition coefficient (Wildman–Crippen LogP) is 3.12. The highest BCUT2D eigenvalue weighted by molar-refractivity contribution is 7.89. The highest BCUT2D eigenvalue weighted by Gasteiger charge is 2.30. The number of piperazine rings is 1. The van der Waals surface area contributed by atoms with Crippen LogP contribution in [0.25, 0.3) is 0 Å². The number of hydrogen-bond acceptors (Lipinski definition) is 4. The zero-order valence-electron chi connectivity index (χ0n) is 15.6. The normalized spacial score (nSPS) is 16.6. The molecular weight excluding hydrogens is 367 g/mol. The third-order valence-electron chi connectivity index (χ3n) is 4.46. The quantitative estimate of drug-likeness (QED) is 0.758. The molecule has 5 nitrogen and oxygen atoms in total. The summed E-state index contributed by atoms with van der Waals surface area (Å²) in [6.07, 6.45) is 0.118. The van der Waals surface area contributed by atoms with E-state index < -0.39 is 15.8 Å². The van der Waals surface area contributed by atoms with Gasteiger partial charge < -0.3 is 4.74 Å². The molecule has 1 fully saturated rings. The molecular formula is C20H25FN2O3S. The fraction of sp³-hybridized carbons (Fsp3) is 0.400. The van der Waals surface area contributed by atoms with Crippen molar-refractivity contribution in [2.45, 2.75) is 31.4 Å². The number of rotatable bonds is 6. The predicted molar refractivity (Wildman–Crippen MR) is 103 cm³/mol. The minimum absolute atomic E-state index is 0.118. The van der Waals surface area contributed by atoms with E-state index in [0.29, 0.717) is 26.2 Å². The first-order valence-corrected chi connectivity index (χ1v) is 10.5. The van der Waals surface area contributed by atoms with Gasteiger partial charge in [0.1, 0.15) is 16.5 Å². The summed E-state index contributed by atoms with van der Waals surface area (Å²) in [5, 5.41) is 0. The Bertz CT molecular complexity index is 878. The number of halogens is 1. The molecule has 146 valence electrons. The average Bonchev–Trinajstić information content (AvgIpc) is 2.62. The van der Waals surface area contributed by atoms with Gasteiger partial charge >= 0.3 is 0 Å². The average molecular weight is 392 g/mol. The van der Waals surface area contributed by atoms with Crippen LogP contribution in [0.3, 0.4) is 0 Å². The molecule has 0 radical (unpaired) electrons. The second kappa shape index (κ2) is 8.37. The molecule has 0 aromatic heterocycles. The molecule has 2 aromatic rings. The van der Waals surface area contributed by atoms with Gasteiger partial charge in [-0.05, 0) is 43.7 Å². The first-order valence-electron chi connectivity index (χ1n) is 9.09. The highest BCUT2D eigenvalue weighted by atomic mass is 32.2. The lowest BCUT2D eigenvalue weighted by Gasteiger charge is -2.34. The van der Waals surface area contributed by atoms with Crippen LogP contribution in [0.15, 0.2) is 53.4 Å². The van der Waals surface area contributed by atoms with Crippen LogP contribution in [0, 0.1) is 5.82 Å². The Morgan fingerprint density at radius 2 is 1.74 bits per heavy atom. The van der Waals surface area contributed by atoms with Crippen molar-refractivity contribution in [3.05, 3.63) is 59.9 Å². The molecule has 0 saturated carbocycles. The smallest absolute Gasteiger partial charge is 0.246 e. The van der Waals surface area contributed by atoms with Crippen molar-refractivity contribution in [3.63, 3.8) is 0 Å². The Kier molecular flexibility index (Phi) is 6.14. The molecule has 2 aromatic carbocycles. The molecule has 3 rings (SSSR count). The largest absolute Gasteiger partial charge is 0.491 e. The summed E-state index contributed by atoms with van der Waals surface area (Å²) in [4.78, 5) is 1.94. The zero-order valence-corrected chi connectivity index (χ0v) is 16.5. The Labute approximate surface area is 160 Å². The third kappa shape index (κ3) is 4.86. The summed E-state index contributed by atoms with van der Waals surface area (Å²) in [7, 11) is -3.80. The van der Waals surface area contributed by atoms with Crippen LogP contribution >= 0.6 is 0 Å². The van der Waals surface area contributed by atoms with Gasteiger partial charge in [-0.25, -0.2) is 12.8 Å². The zero-order chi connectivity index (χ0) is 19.4. The molecule has 1 aliphatic heterocycles. The highest BCUT2D eigenvalue weighted by Crippen LogP contribution is 2.22. The second-order valence-electron chi connectivity index (χ2n) is 6.92. The van der Waals surface area contributed by atoms with Gasteiger partial charge in [-0.2, -0.15) is 4.31 Å². The van der Waals surface area contributed by atoms with Gasteiger partial charge in [0.25, 0.3) is 0 Å². The molecule has 7 heteroatoms. The van der Waals surface area contributed by atoms with E-state index in [2.05, 4.69) is 4.90 Å². The van der Waals surface area contributed by atoms with Crippen LogP contribution in [-0.4, -0.2) is 49.9 Å². The van der Waals surface area contributed by atoms with Crippen molar-refractivity contribution < 1.29 is 17.5 Å². The molecule has 0 bridgehead atoms. The number of nitrogens with zero attached hydrogens (tertiary/aromatic N) is 2. The Hall–Kier alpha value is -1.96. The SMILES string of the molecule is CC(C)Oc1cccc(CN2CCN(S(=O)(=O)c3ccccc3F)CC2)c1. The molecule has 27 heavy (non-hydrogen) atoms. The molecule has 0 atom stereocenters. The van der Waals surface area contributed by atoms with Crippen molar-refractivity contribution in [1.29, 1.82) is 0 Å². The van der Waals surface area contributed by atoms with E-state index in [-0.39, 0.29) is 11.0 Å². The summed E-state index contributed by atoms with van der Waals surface area (Å²) in [6.45, 7) is 6.59. The molecule has 0 N–H and O–H groups in total. The second-order valence-corrected chi connectivity index (χ2v) is 8.83.